The Balaban J connectivity index is 3.02. The summed E-state index contributed by atoms with van der Waals surface area (Å²) in [5, 5.41) is 0.810. The zero-order valence-electron chi connectivity index (χ0n) is 8.43. The van der Waals surface area contributed by atoms with Crippen LogP contribution in [0.4, 0.5) is 0 Å². The van der Waals surface area contributed by atoms with Gasteiger partial charge in [0.15, 0.2) is 5.78 Å². The normalized spacial score (nSPS) is 10.3. The van der Waals surface area contributed by atoms with E-state index in [9.17, 15) is 4.79 Å². The van der Waals surface area contributed by atoms with E-state index in [1.54, 1.807) is 11.8 Å². The van der Waals surface area contributed by atoms with Gasteiger partial charge in [-0.25, -0.2) is 0 Å². The number of thioether (sulfide) groups is 1. The molecule has 15 heavy (non-hydrogen) atoms. The summed E-state index contributed by atoms with van der Waals surface area (Å²) in [4.78, 5) is 12.7. The molecule has 0 heterocycles. The molecule has 82 valence electrons. The van der Waals surface area contributed by atoms with E-state index >= 15 is 0 Å². The zero-order valence-corrected chi connectivity index (χ0v) is 11.6. The first-order valence-corrected chi connectivity index (χ1v) is 7.43. The van der Waals surface area contributed by atoms with Crippen LogP contribution in [0.3, 0.4) is 0 Å². The summed E-state index contributed by atoms with van der Waals surface area (Å²) in [6, 6.07) is 5.90. The largest absolute Gasteiger partial charge is 0.294 e. The molecule has 0 bridgehead atoms. The highest BCUT2D eigenvalue weighted by Crippen LogP contribution is 2.24. The maximum Gasteiger partial charge on any atom is 0.165 e. The van der Waals surface area contributed by atoms with Crippen molar-refractivity contribution in [1.82, 2.24) is 0 Å². The molecule has 1 nitrogen and oxygen atoms in total. The van der Waals surface area contributed by atoms with Crippen molar-refractivity contribution >= 4 is 45.1 Å². The van der Waals surface area contributed by atoms with Crippen LogP contribution >= 0.6 is 39.3 Å². The van der Waals surface area contributed by atoms with Crippen molar-refractivity contribution in [2.75, 3.05) is 12.1 Å². The van der Waals surface area contributed by atoms with Gasteiger partial charge in [-0.3, -0.25) is 4.79 Å². The summed E-state index contributed by atoms with van der Waals surface area (Å²) in [5.74, 6) is 0.503. The van der Waals surface area contributed by atoms with Crippen LogP contribution in [0.25, 0.3) is 0 Å². The maximum absolute atomic E-state index is 11.7. The van der Waals surface area contributed by atoms with Gasteiger partial charge in [-0.05, 0) is 24.0 Å². The van der Waals surface area contributed by atoms with Gasteiger partial charge in [0.1, 0.15) is 0 Å². The van der Waals surface area contributed by atoms with Crippen LogP contribution in [0.15, 0.2) is 23.1 Å². The molecular weight excluding hydrogens is 296 g/mol. The quantitative estimate of drug-likeness (QED) is 0.462. The first-order chi connectivity index (χ1) is 7.22. The standard InChI is InChI=1S/C11H12BrClOS/c1-15-11-6-8(7-12)2-3-9(11)10(14)4-5-13/h2-3,6H,4-5,7H2,1H3. The molecule has 0 spiro atoms. The second kappa shape index (κ2) is 6.56. The van der Waals surface area contributed by atoms with Gasteiger partial charge >= 0.3 is 0 Å². The lowest BCUT2D eigenvalue weighted by molar-refractivity contribution is 0.0986. The number of hydrogen-bond donors (Lipinski definition) is 0. The van der Waals surface area contributed by atoms with Crippen LogP contribution in [-0.2, 0) is 5.33 Å². The zero-order chi connectivity index (χ0) is 11.3. The van der Waals surface area contributed by atoms with Gasteiger partial charge in [0.25, 0.3) is 0 Å². The molecule has 0 radical (unpaired) electrons. The van der Waals surface area contributed by atoms with Crippen molar-refractivity contribution in [2.24, 2.45) is 0 Å². The van der Waals surface area contributed by atoms with Crippen LogP contribution in [0.1, 0.15) is 22.3 Å². The number of carbonyl (C=O) groups is 1. The Morgan fingerprint density at radius 1 is 1.53 bits per heavy atom. The van der Waals surface area contributed by atoms with E-state index in [0.29, 0.717) is 12.3 Å². The van der Waals surface area contributed by atoms with E-state index in [2.05, 4.69) is 15.9 Å². The van der Waals surface area contributed by atoms with Crippen LogP contribution in [0.2, 0.25) is 0 Å². The molecule has 0 unspecified atom stereocenters. The predicted molar refractivity (Wildman–Crippen MR) is 70.5 cm³/mol. The number of Topliss-reactive ketones (excluding diaryl/α,β-unsaturated/α-hetero) is 1. The lowest BCUT2D eigenvalue weighted by Crippen LogP contribution is -2.02. The van der Waals surface area contributed by atoms with Crippen molar-refractivity contribution in [3.05, 3.63) is 29.3 Å². The smallest absolute Gasteiger partial charge is 0.165 e. The Hall–Kier alpha value is 0.01000. The molecule has 0 fully saturated rings. The van der Waals surface area contributed by atoms with E-state index in [-0.39, 0.29) is 5.78 Å². The lowest BCUT2D eigenvalue weighted by atomic mass is 10.1. The molecule has 0 saturated heterocycles. The Bertz CT molecular complexity index is 354. The van der Waals surface area contributed by atoms with Crippen molar-refractivity contribution < 1.29 is 4.79 Å². The molecule has 0 aliphatic heterocycles. The Kier molecular flexibility index (Phi) is 5.72. The third kappa shape index (κ3) is 3.51. The number of benzene rings is 1. The van der Waals surface area contributed by atoms with E-state index in [0.717, 1.165) is 15.8 Å². The van der Waals surface area contributed by atoms with Gasteiger partial charge in [0, 0.05) is 28.1 Å². The Labute approximate surface area is 108 Å². The van der Waals surface area contributed by atoms with Gasteiger partial charge in [-0.1, -0.05) is 22.0 Å². The molecule has 0 N–H and O–H groups in total. The summed E-state index contributed by atoms with van der Waals surface area (Å²) >= 11 is 10.6. The molecule has 0 saturated carbocycles. The fraction of sp³-hybridized carbons (Fsp3) is 0.364. The molecular formula is C11H12BrClOS. The third-order valence-corrected chi connectivity index (χ3v) is 3.66. The van der Waals surface area contributed by atoms with Gasteiger partial charge in [0.05, 0.1) is 0 Å². The van der Waals surface area contributed by atoms with E-state index < -0.39 is 0 Å². The van der Waals surface area contributed by atoms with Gasteiger partial charge in [-0.2, -0.15) is 0 Å². The average Bonchev–Trinajstić information content (AvgIpc) is 2.28. The van der Waals surface area contributed by atoms with E-state index in [1.807, 2.05) is 24.5 Å². The summed E-state index contributed by atoms with van der Waals surface area (Å²) < 4.78 is 0. The molecule has 0 aromatic heterocycles. The number of alkyl halides is 2. The number of carbonyl (C=O) groups excluding carboxylic acids is 1. The molecule has 1 rings (SSSR count). The molecule has 0 aliphatic rings. The highest BCUT2D eigenvalue weighted by Gasteiger charge is 2.10. The highest BCUT2D eigenvalue weighted by molar-refractivity contribution is 9.08. The average molecular weight is 308 g/mol. The monoisotopic (exact) mass is 306 g/mol. The van der Waals surface area contributed by atoms with Crippen molar-refractivity contribution in [1.29, 1.82) is 0 Å². The van der Waals surface area contributed by atoms with Gasteiger partial charge in [0.2, 0.25) is 0 Å². The van der Waals surface area contributed by atoms with Crippen molar-refractivity contribution in [3.63, 3.8) is 0 Å². The molecule has 0 amide bonds. The van der Waals surface area contributed by atoms with Crippen LogP contribution < -0.4 is 0 Å². The topological polar surface area (TPSA) is 17.1 Å². The van der Waals surface area contributed by atoms with Gasteiger partial charge in [-0.15, -0.1) is 23.4 Å². The fourth-order valence-electron chi connectivity index (χ4n) is 1.27. The molecule has 0 atom stereocenters. The number of ketones is 1. The van der Waals surface area contributed by atoms with Crippen LogP contribution in [-0.4, -0.2) is 17.9 Å². The van der Waals surface area contributed by atoms with Crippen molar-refractivity contribution in [2.45, 2.75) is 16.6 Å². The summed E-state index contributed by atoms with van der Waals surface area (Å²) in [6.07, 6.45) is 2.38. The van der Waals surface area contributed by atoms with Crippen LogP contribution in [0, 0.1) is 0 Å². The molecule has 4 heteroatoms. The third-order valence-electron chi connectivity index (χ3n) is 2.04. The fourth-order valence-corrected chi connectivity index (χ4v) is 2.46. The second-order valence-electron chi connectivity index (χ2n) is 3.03. The number of hydrogen-bond acceptors (Lipinski definition) is 2. The van der Waals surface area contributed by atoms with E-state index in [4.69, 9.17) is 11.6 Å². The number of rotatable bonds is 5. The van der Waals surface area contributed by atoms with E-state index in [1.165, 1.54) is 5.56 Å². The van der Waals surface area contributed by atoms with Gasteiger partial charge < -0.3 is 0 Å². The SMILES string of the molecule is CSc1cc(CBr)ccc1C(=O)CCCl. The summed E-state index contributed by atoms with van der Waals surface area (Å²) in [6.45, 7) is 0. The van der Waals surface area contributed by atoms with Crippen molar-refractivity contribution in [3.8, 4) is 0 Å². The Morgan fingerprint density at radius 2 is 2.27 bits per heavy atom. The first-order valence-electron chi connectivity index (χ1n) is 4.55. The minimum Gasteiger partial charge on any atom is -0.294 e. The Morgan fingerprint density at radius 3 is 2.80 bits per heavy atom. The summed E-state index contributed by atoms with van der Waals surface area (Å²) in [7, 11) is 0. The molecule has 1 aromatic rings. The molecule has 1 aromatic carbocycles. The summed E-state index contributed by atoms with van der Waals surface area (Å²) in [5.41, 5.74) is 1.97. The first kappa shape index (κ1) is 13.1. The second-order valence-corrected chi connectivity index (χ2v) is 4.82. The lowest BCUT2D eigenvalue weighted by Gasteiger charge is -2.07. The predicted octanol–water partition coefficient (Wildman–Crippen LogP) is 4.12. The highest BCUT2D eigenvalue weighted by atomic mass is 79.9. The van der Waals surface area contributed by atoms with Crippen LogP contribution in [0.5, 0.6) is 0 Å². The molecule has 0 aliphatic carbocycles. The minimum absolute atomic E-state index is 0.121. The number of halogens is 2. The maximum atomic E-state index is 11.7. The minimum atomic E-state index is 0.121.